The number of rotatable bonds is 55. The van der Waals surface area contributed by atoms with Gasteiger partial charge in [-0.25, -0.2) is 4.57 Å². The van der Waals surface area contributed by atoms with Crippen molar-refractivity contribution in [1.82, 2.24) is 0 Å². The van der Waals surface area contributed by atoms with Crippen LogP contribution in [0.5, 0.6) is 0 Å². The number of unbranched alkanes of at least 4 members (excludes halogenated alkanes) is 41. The summed E-state index contributed by atoms with van der Waals surface area (Å²) in [5.74, 6) is -2.34. The molecule has 0 aromatic rings. The molecule has 0 amide bonds. The number of ether oxygens (including phenoxy) is 2. The minimum Gasteiger partial charge on any atom is -0.480 e. The van der Waals surface area contributed by atoms with Crippen LogP contribution in [0.25, 0.3) is 0 Å². The second-order valence-electron chi connectivity index (χ2n) is 19.8. The average Bonchev–Trinajstić information content (AvgIpc) is 3.31. The summed E-state index contributed by atoms with van der Waals surface area (Å²) in [4.78, 5) is 46.3. The van der Waals surface area contributed by atoms with E-state index in [-0.39, 0.29) is 19.4 Å². The quantitative estimate of drug-likeness (QED) is 0.0301. The topological polar surface area (TPSA) is 172 Å². The number of carboxylic acids is 1. The number of hydrogen-bond donors (Lipinski definition) is 3. The minimum atomic E-state index is -4.72. The van der Waals surface area contributed by atoms with Gasteiger partial charge in [0.2, 0.25) is 0 Å². The van der Waals surface area contributed by atoms with E-state index in [0.29, 0.717) is 12.8 Å². The molecule has 4 N–H and O–H groups in total. The highest BCUT2D eigenvalue weighted by atomic mass is 31.2. The fourth-order valence-electron chi connectivity index (χ4n) is 8.66. The Bertz CT molecular complexity index is 1140. The molecule has 0 saturated carbocycles. The Balaban J connectivity index is 4.11. The molecule has 12 heteroatoms. The van der Waals surface area contributed by atoms with Crippen LogP contribution in [-0.2, 0) is 37.5 Å². The summed E-state index contributed by atoms with van der Waals surface area (Å²) in [6.07, 6.45) is 54.6. The summed E-state index contributed by atoms with van der Waals surface area (Å²) in [6.45, 7) is 2.89. The smallest absolute Gasteiger partial charge is 0.472 e. The van der Waals surface area contributed by atoms with Gasteiger partial charge < -0.3 is 25.2 Å². The first-order chi connectivity index (χ1) is 32.6. The molecule has 398 valence electrons. The number of carbonyl (C=O) groups is 3. The van der Waals surface area contributed by atoms with E-state index >= 15 is 0 Å². The average molecular weight is 974 g/mol. The van der Waals surface area contributed by atoms with Crippen molar-refractivity contribution in [3.63, 3.8) is 0 Å². The summed E-state index contributed by atoms with van der Waals surface area (Å²) in [5.41, 5.74) is 5.37. The maximum absolute atomic E-state index is 12.7. The van der Waals surface area contributed by atoms with Crippen molar-refractivity contribution in [2.45, 2.75) is 315 Å². The first kappa shape index (κ1) is 65.5. The number of phosphoric acid groups is 1. The lowest BCUT2D eigenvalue weighted by atomic mass is 10.0. The van der Waals surface area contributed by atoms with E-state index < -0.39 is 51.1 Å². The van der Waals surface area contributed by atoms with Crippen LogP contribution in [0, 0.1) is 0 Å². The summed E-state index contributed by atoms with van der Waals surface area (Å²) in [5, 5.41) is 8.94. The van der Waals surface area contributed by atoms with Crippen LogP contribution in [0.2, 0.25) is 0 Å². The number of esters is 2. The van der Waals surface area contributed by atoms with Gasteiger partial charge in [-0.3, -0.25) is 23.4 Å². The van der Waals surface area contributed by atoms with Crippen molar-refractivity contribution in [3.05, 3.63) is 0 Å². The van der Waals surface area contributed by atoms with E-state index in [1.165, 1.54) is 225 Å². The number of phosphoric ester groups is 1. The zero-order chi connectivity index (χ0) is 49.2. The number of hydrogen-bond acceptors (Lipinski definition) is 9. The van der Waals surface area contributed by atoms with Crippen molar-refractivity contribution < 1.29 is 47.5 Å². The van der Waals surface area contributed by atoms with Crippen LogP contribution in [-0.4, -0.2) is 59.9 Å². The van der Waals surface area contributed by atoms with Gasteiger partial charge in [-0.1, -0.05) is 277 Å². The fraction of sp³-hybridized carbons (Fsp3) is 0.945. The molecule has 3 unspecified atom stereocenters. The molecule has 0 aliphatic heterocycles. The van der Waals surface area contributed by atoms with Gasteiger partial charge >= 0.3 is 25.7 Å². The van der Waals surface area contributed by atoms with Crippen LogP contribution in [0.15, 0.2) is 0 Å². The second-order valence-corrected chi connectivity index (χ2v) is 21.2. The Morgan fingerprint density at radius 3 is 0.940 bits per heavy atom. The third-order valence-corrected chi connectivity index (χ3v) is 14.1. The Morgan fingerprint density at radius 1 is 0.403 bits per heavy atom. The minimum absolute atomic E-state index is 0.170. The molecular weight excluding hydrogens is 866 g/mol. The highest BCUT2D eigenvalue weighted by Gasteiger charge is 2.28. The van der Waals surface area contributed by atoms with E-state index in [0.717, 1.165) is 38.5 Å². The molecule has 0 radical (unpaired) electrons. The number of aliphatic carboxylic acids is 1. The van der Waals surface area contributed by atoms with E-state index in [9.17, 15) is 23.8 Å². The lowest BCUT2D eigenvalue weighted by Crippen LogP contribution is -2.34. The van der Waals surface area contributed by atoms with Crippen LogP contribution in [0.1, 0.15) is 303 Å². The molecule has 0 spiro atoms. The normalized spacial score (nSPS) is 13.4. The largest absolute Gasteiger partial charge is 0.480 e. The van der Waals surface area contributed by atoms with E-state index in [4.69, 9.17) is 29.4 Å². The van der Waals surface area contributed by atoms with Gasteiger partial charge in [0.05, 0.1) is 13.2 Å². The summed E-state index contributed by atoms with van der Waals surface area (Å²) in [6, 6.07) is -1.52. The molecule has 0 bridgehead atoms. The molecule has 0 aliphatic rings. The first-order valence-electron chi connectivity index (χ1n) is 28.6. The molecule has 0 saturated heterocycles. The van der Waals surface area contributed by atoms with Crippen molar-refractivity contribution in [2.24, 2.45) is 5.73 Å². The van der Waals surface area contributed by atoms with Gasteiger partial charge in [0, 0.05) is 12.8 Å². The molecule has 11 nitrogen and oxygen atoms in total. The van der Waals surface area contributed by atoms with Crippen molar-refractivity contribution in [3.8, 4) is 0 Å². The summed E-state index contributed by atoms with van der Waals surface area (Å²) < 4.78 is 33.0. The Labute approximate surface area is 412 Å². The maximum Gasteiger partial charge on any atom is 0.472 e. The third kappa shape index (κ3) is 50.7. The fourth-order valence-corrected chi connectivity index (χ4v) is 9.44. The molecule has 67 heavy (non-hydrogen) atoms. The molecule has 0 aromatic carbocycles. The van der Waals surface area contributed by atoms with E-state index in [1.54, 1.807) is 0 Å². The Kier molecular flexibility index (Phi) is 49.7. The second kappa shape index (κ2) is 50.9. The van der Waals surface area contributed by atoms with Gasteiger partial charge in [-0.15, -0.1) is 0 Å². The number of carbonyl (C=O) groups excluding carboxylic acids is 2. The van der Waals surface area contributed by atoms with Gasteiger partial charge in [-0.05, 0) is 12.8 Å². The van der Waals surface area contributed by atoms with Gasteiger partial charge in [0.25, 0.3) is 0 Å². The lowest BCUT2D eigenvalue weighted by molar-refractivity contribution is -0.161. The maximum atomic E-state index is 12.7. The Morgan fingerprint density at radius 2 is 0.657 bits per heavy atom. The Hall–Kier alpha value is -1.52. The molecule has 0 heterocycles. The molecule has 0 aliphatic carbocycles. The van der Waals surface area contributed by atoms with Crippen LogP contribution < -0.4 is 5.73 Å². The van der Waals surface area contributed by atoms with Gasteiger partial charge in [-0.2, -0.15) is 0 Å². The number of carboxylic acid groups (broad SMARTS) is 1. The van der Waals surface area contributed by atoms with Gasteiger partial charge in [0.1, 0.15) is 12.6 Å². The van der Waals surface area contributed by atoms with E-state index in [1.807, 2.05) is 0 Å². The molecule has 0 aromatic heterocycles. The molecular formula is C55H108NO10P. The van der Waals surface area contributed by atoms with E-state index in [2.05, 4.69) is 13.8 Å². The summed E-state index contributed by atoms with van der Waals surface area (Å²) >= 11 is 0. The monoisotopic (exact) mass is 974 g/mol. The highest BCUT2D eigenvalue weighted by Crippen LogP contribution is 2.43. The molecule has 0 fully saturated rings. The van der Waals surface area contributed by atoms with Gasteiger partial charge in [0.15, 0.2) is 6.10 Å². The lowest BCUT2D eigenvalue weighted by Gasteiger charge is -2.20. The zero-order valence-corrected chi connectivity index (χ0v) is 44.7. The predicted molar refractivity (Wildman–Crippen MR) is 277 cm³/mol. The zero-order valence-electron chi connectivity index (χ0n) is 43.8. The van der Waals surface area contributed by atoms with Crippen molar-refractivity contribution >= 4 is 25.7 Å². The molecule has 0 rings (SSSR count). The highest BCUT2D eigenvalue weighted by molar-refractivity contribution is 7.47. The van der Waals surface area contributed by atoms with Crippen LogP contribution in [0.4, 0.5) is 0 Å². The standard InChI is InChI=1S/C55H108NO10P/c1-3-5-7-9-11-13-15-17-19-21-23-25-26-27-29-31-33-35-37-39-41-43-45-47-54(58)66-51(49-64-67(61,62)65-50-52(56)55(59)60)48-63-53(57)46-44-42-40-38-36-34-32-30-28-24-22-20-18-16-14-12-10-8-6-4-2/h51-52H,3-50,56H2,1-2H3,(H,59,60)(H,61,62). The van der Waals surface area contributed by atoms with Crippen LogP contribution >= 0.6 is 7.82 Å². The predicted octanol–water partition coefficient (Wildman–Crippen LogP) is 16.6. The molecule has 3 atom stereocenters. The summed E-state index contributed by atoms with van der Waals surface area (Å²) in [7, 11) is -4.72. The van der Waals surface area contributed by atoms with Crippen molar-refractivity contribution in [1.29, 1.82) is 0 Å². The first-order valence-corrected chi connectivity index (χ1v) is 30.1. The van der Waals surface area contributed by atoms with Crippen LogP contribution in [0.3, 0.4) is 0 Å². The number of nitrogens with two attached hydrogens (primary N) is 1. The van der Waals surface area contributed by atoms with Crippen molar-refractivity contribution in [2.75, 3.05) is 19.8 Å². The third-order valence-electron chi connectivity index (χ3n) is 13.1. The SMILES string of the molecule is CCCCCCCCCCCCCCCCCCCCCCCCCC(=O)OC(COC(=O)CCCCCCCCCCCCCCCCCCCCCC)COP(=O)(O)OCC(N)C(=O)O.